The van der Waals surface area contributed by atoms with Gasteiger partial charge >= 0.3 is 29.8 Å². The number of hydrogen-bond acceptors (Lipinski definition) is 21. The molecule has 0 radical (unpaired) electrons. The maximum absolute atomic E-state index is 12.8. The van der Waals surface area contributed by atoms with Crippen LogP contribution in [0.15, 0.2) is 80.4 Å². The summed E-state index contributed by atoms with van der Waals surface area (Å²) >= 11 is 0. The first-order valence-electron chi connectivity index (χ1n) is 28.4. The number of para-hydroxylation sites is 3. The fraction of sp³-hybridized carbons (Fsp3) is 0.450. The molecule has 3 aromatic carbocycles. The van der Waals surface area contributed by atoms with Crippen LogP contribution in [0.2, 0.25) is 0 Å². The molecule has 9 rings (SSSR count). The number of aromatic amines is 1. The molecule has 448 valence electrons. The van der Waals surface area contributed by atoms with Crippen molar-refractivity contribution in [2.24, 2.45) is 0 Å². The number of rotatable bonds is 19. The molecule has 24 nitrogen and oxygen atoms in total. The Balaban J connectivity index is 0.000000181. The van der Waals surface area contributed by atoms with Gasteiger partial charge in [-0.15, -0.1) is 0 Å². The van der Waals surface area contributed by atoms with Crippen molar-refractivity contribution < 1.29 is 71.1 Å². The molecule has 0 aliphatic carbocycles. The number of esters is 5. The van der Waals surface area contributed by atoms with Crippen LogP contribution in [0.4, 0.5) is 28.4 Å². The third kappa shape index (κ3) is 14.7. The summed E-state index contributed by atoms with van der Waals surface area (Å²) in [6.45, 7) is 11.9. The second-order valence-electron chi connectivity index (χ2n) is 19.8. The highest BCUT2D eigenvalue weighted by atomic mass is 16.6. The van der Waals surface area contributed by atoms with Gasteiger partial charge in [-0.05, 0) is 116 Å². The number of H-pyrrole nitrogens is 1. The molecule has 6 aromatic rings. The maximum Gasteiger partial charge on any atom is 0.375 e. The lowest BCUT2D eigenvalue weighted by Gasteiger charge is -2.29. The fourth-order valence-corrected chi connectivity index (χ4v) is 10.7. The van der Waals surface area contributed by atoms with Gasteiger partial charge in [0.15, 0.2) is 0 Å². The molecule has 1 N–H and O–H groups in total. The van der Waals surface area contributed by atoms with Gasteiger partial charge in [-0.2, -0.15) is 0 Å². The van der Waals surface area contributed by atoms with Crippen molar-refractivity contribution in [2.45, 2.75) is 104 Å². The van der Waals surface area contributed by atoms with Crippen LogP contribution in [0.25, 0.3) is 33.0 Å². The number of nitro groups is 2. The summed E-state index contributed by atoms with van der Waals surface area (Å²) < 4.78 is 35.2. The minimum Gasteiger partial charge on any atom is -0.466 e. The highest BCUT2D eigenvalue weighted by Crippen LogP contribution is 2.43. The Bertz CT molecular complexity index is 3420. The summed E-state index contributed by atoms with van der Waals surface area (Å²) in [5, 5.41) is 25.5. The Morgan fingerprint density at radius 2 is 1.08 bits per heavy atom. The van der Waals surface area contributed by atoms with Crippen molar-refractivity contribution >= 4 is 85.9 Å². The molecule has 3 fully saturated rings. The number of Topliss-reactive ketones (excluding diaryl/α,β-unsaturated/α-hetero) is 1. The van der Waals surface area contributed by atoms with Crippen LogP contribution in [-0.2, 0) is 38.1 Å². The zero-order chi connectivity index (χ0) is 60.5. The second kappa shape index (κ2) is 29.8. The molecule has 0 amide bonds. The van der Waals surface area contributed by atoms with Gasteiger partial charge in [-0.25, -0.2) is 19.2 Å². The fourth-order valence-electron chi connectivity index (χ4n) is 10.7. The zero-order valence-corrected chi connectivity index (χ0v) is 47.9. The normalized spacial score (nSPS) is 14.5. The Morgan fingerprint density at radius 1 is 0.583 bits per heavy atom. The number of anilines is 3. The van der Waals surface area contributed by atoms with E-state index in [-0.39, 0.29) is 95.8 Å². The Labute approximate surface area is 483 Å². The van der Waals surface area contributed by atoms with E-state index >= 15 is 0 Å². The summed E-state index contributed by atoms with van der Waals surface area (Å²) in [6, 6.07) is 18.5. The number of fused-ring (bicyclic) bond motifs is 3. The first-order valence-corrected chi connectivity index (χ1v) is 28.4. The van der Waals surface area contributed by atoms with Gasteiger partial charge in [0.2, 0.25) is 28.6 Å². The van der Waals surface area contributed by atoms with Crippen molar-refractivity contribution in [1.29, 1.82) is 0 Å². The van der Waals surface area contributed by atoms with Crippen LogP contribution in [0.5, 0.6) is 0 Å². The average Bonchev–Trinajstić information content (AvgIpc) is 2.53. The van der Waals surface area contributed by atoms with Crippen LogP contribution in [-0.4, -0.2) is 123 Å². The molecule has 1 atom stereocenters. The van der Waals surface area contributed by atoms with E-state index in [1.54, 1.807) is 58.0 Å². The standard InChI is InChI=1S/C21H28N2O7.C20H22N2O7.C19H20N2O4/c1-3-29-18(24)12-11-16(20(25)21(26)30-4-2)15-9-8-10-17(19(15)23(27)28)22-13-6-5-7-14-22;1-3-28-19(23)16-12-14(18(29-16)20(24)27-2)13-8-7-9-15(17(13)22(25)26)21-10-5-4-6-11-21;1-2-24-19(23)15-11-13-12-7-6-8-14(21-9-4-3-5-10-21)16(12)20-18(22)17(13)25-15/h8-10,16H,3-7,11-14H2,1-2H3;7-9,12H,3-6,10-11H2,1-2H3;6-8,11H,2-5,9-10H2,1H3,(H,20,22). The predicted molar refractivity (Wildman–Crippen MR) is 310 cm³/mol. The number of piperidine rings is 3. The topological polar surface area (TPSA) is 304 Å². The van der Waals surface area contributed by atoms with Crippen LogP contribution in [0, 0.1) is 20.2 Å². The Morgan fingerprint density at radius 3 is 1.62 bits per heavy atom. The molecule has 3 aliphatic heterocycles. The number of carbonyl (C=O) groups excluding carboxylic acids is 6. The smallest absolute Gasteiger partial charge is 0.375 e. The predicted octanol–water partition coefficient (Wildman–Crippen LogP) is 10.4. The number of methoxy groups -OCH3 is 1. The number of carbonyl (C=O) groups is 6. The molecular weight excluding hydrogens is 1090 g/mol. The summed E-state index contributed by atoms with van der Waals surface area (Å²) in [5.74, 6) is -6.28. The molecule has 0 spiro atoms. The Kier molecular flexibility index (Phi) is 22.1. The van der Waals surface area contributed by atoms with Crippen LogP contribution < -0.4 is 20.3 Å². The number of pyridine rings is 1. The van der Waals surface area contributed by atoms with Gasteiger partial charge in [0, 0.05) is 79.7 Å². The molecule has 0 bridgehead atoms. The lowest BCUT2D eigenvalue weighted by Crippen LogP contribution is -2.31. The molecule has 6 heterocycles. The number of nitro benzene ring substituents is 2. The average molecular weight is 1160 g/mol. The first-order chi connectivity index (χ1) is 40.6. The molecule has 3 aromatic heterocycles. The van der Waals surface area contributed by atoms with Crippen LogP contribution in [0.1, 0.15) is 141 Å². The number of ether oxygens (including phenoxy) is 5. The van der Waals surface area contributed by atoms with E-state index in [2.05, 4.69) is 9.88 Å². The van der Waals surface area contributed by atoms with Crippen molar-refractivity contribution in [3.05, 3.63) is 120 Å². The molecule has 3 aliphatic rings. The van der Waals surface area contributed by atoms with Gasteiger partial charge < -0.3 is 52.2 Å². The van der Waals surface area contributed by atoms with Crippen molar-refractivity contribution in [3.8, 4) is 11.1 Å². The quantitative estimate of drug-likeness (QED) is 0.0259. The highest BCUT2D eigenvalue weighted by molar-refractivity contribution is 6.36. The van der Waals surface area contributed by atoms with Gasteiger partial charge in [0.25, 0.3) is 16.9 Å². The minimum absolute atomic E-state index is 0.00504. The van der Waals surface area contributed by atoms with Crippen molar-refractivity contribution in [2.75, 3.05) is 87.5 Å². The van der Waals surface area contributed by atoms with E-state index in [9.17, 15) is 53.8 Å². The molecule has 84 heavy (non-hydrogen) atoms. The summed E-state index contributed by atoms with van der Waals surface area (Å²) in [4.78, 5) is 118. The third-order valence-electron chi connectivity index (χ3n) is 14.5. The number of benzene rings is 3. The molecule has 3 saturated heterocycles. The number of ketones is 1. The number of nitrogens with zero attached hydrogens (tertiary/aromatic N) is 5. The number of hydrogen-bond donors (Lipinski definition) is 1. The lowest BCUT2D eigenvalue weighted by atomic mass is 9.88. The van der Waals surface area contributed by atoms with E-state index in [0.29, 0.717) is 42.9 Å². The summed E-state index contributed by atoms with van der Waals surface area (Å²) in [7, 11) is 1.16. The maximum atomic E-state index is 12.8. The van der Waals surface area contributed by atoms with Crippen LogP contribution in [0.3, 0.4) is 0 Å². The Hall–Kier alpha value is -9.09. The zero-order valence-electron chi connectivity index (χ0n) is 47.9. The van der Waals surface area contributed by atoms with Gasteiger partial charge in [0.1, 0.15) is 11.4 Å². The molecule has 1 unspecified atom stereocenters. The van der Waals surface area contributed by atoms with Crippen molar-refractivity contribution in [3.63, 3.8) is 0 Å². The minimum atomic E-state index is -1.17. The number of nitrogens with one attached hydrogen (secondary N) is 1. The van der Waals surface area contributed by atoms with E-state index < -0.39 is 51.4 Å². The van der Waals surface area contributed by atoms with E-state index in [1.807, 2.05) is 28.0 Å². The third-order valence-corrected chi connectivity index (χ3v) is 14.5. The molecular formula is C60H70N6O18. The van der Waals surface area contributed by atoms with Gasteiger partial charge in [-0.1, -0.05) is 30.3 Å². The van der Waals surface area contributed by atoms with Gasteiger partial charge in [-0.3, -0.25) is 34.6 Å². The first kappa shape index (κ1) is 62.5. The number of aromatic nitrogens is 1. The number of furan rings is 2. The summed E-state index contributed by atoms with van der Waals surface area (Å²) in [5.41, 5.74) is 2.61. The molecule has 0 saturated carbocycles. The summed E-state index contributed by atoms with van der Waals surface area (Å²) in [6.07, 6.45) is 9.23. The lowest BCUT2D eigenvalue weighted by molar-refractivity contribution is -0.385. The molecule has 24 heteroatoms. The van der Waals surface area contributed by atoms with Gasteiger partial charge in [0.05, 0.1) is 66.1 Å². The highest BCUT2D eigenvalue weighted by Gasteiger charge is 2.37. The second-order valence-corrected chi connectivity index (χ2v) is 19.8. The van der Waals surface area contributed by atoms with E-state index in [1.165, 1.54) is 24.6 Å². The largest absolute Gasteiger partial charge is 0.466 e. The SMILES string of the molecule is CCOC(=O)CCC(C(=O)C(=O)OCC)c1cccc(N2CCCCC2)c1[N+](=O)[O-].CCOC(=O)c1cc(-c2cccc(N3CCCCC3)c2[N+](=O)[O-])c(C(=O)OC)o1.CCOC(=O)c1cc2c(o1)c(=O)[nH]c1c(N3CCCCC3)cccc12. The van der Waals surface area contributed by atoms with E-state index in [0.717, 1.165) is 88.2 Å². The van der Waals surface area contributed by atoms with Crippen LogP contribution >= 0.6 is 0 Å². The monoisotopic (exact) mass is 1160 g/mol. The van der Waals surface area contributed by atoms with E-state index in [4.69, 9.17) is 32.5 Å². The van der Waals surface area contributed by atoms with Crippen molar-refractivity contribution in [1.82, 2.24) is 4.98 Å².